The Bertz CT molecular complexity index is 572. The van der Waals surface area contributed by atoms with E-state index in [1.807, 2.05) is 0 Å². The molecule has 0 aromatic rings. The monoisotopic (exact) mass is 341 g/mol. The molecule has 2 fully saturated rings. The van der Waals surface area contributed by atoms with Crippen molar-refractivity contribution < 1.29 is 31.1 Å². The van der Waals surface area contributed by atoms with Crippen LogP contribution < -0.4 is 4.72 Å². The zero-order valence-corrected chi connectivity index (χ0v) is 12.8. The average Bonchev–Trinajstić information content (AvgIpc) is 2.94. The second-order valence-corrected chi connectivity index (χ2v) is 7.77. The molecule has 0 spiro atoms. The summed E-state index contributed by atoms with van der Waals surface area (Å²) >= 11 is 0. The lowest BCUT2D eigenvalue weighted by Crippen LogP contribution is -2.40. The Labute approximate surface area is 126 Å². The maximum Gasteiger partial charge on any atom is 0.511 e. The minimum absolute atomic E-state index is 0.0730. The van der Waals surface area contributed by atoms with E-state index in [-0.39, 0.29) is 30.4 Å². The summed E-state index contributed by atoms with van der Waals surface area (Å²) < 4.78 is 65.7. The topological polar surface area (TPSA) is 72.5 Å². The summed E-state index contributed by atoms with van der Waals surface area (Å²) in [6.45, 7) is 4.81. The molecule has 2 aliphatic carbocycles. The maximum absolute atomic E-state index is 12.3. The Morgan fingerprint density at radius 3 is 2.36 bits per heavy atom. The van der Waals surface area contributed by atoms with Crippen molar-refractivity contribution in [2.24, 2.45) is 17.8 Å². The van der Waals surface area contributed by atoms with Crippen molar-refractivity contribution in [2.45, 2.75) is 37.8 Å². The summed E-state index contributed by atoms with van der Waals surface area (Å²) in [6, 6.07) is 0. The van der Waals surface area contributed by atoms with Crippen LogP contribution in [0, 0.1) is 17.8 Å². The lowest BCUT2D eigenvalue weighted by molar-refractivity contribution is -0.147. The van der Waals surface area contributed by atoms with Crippen LogP contribution in [-0.4, -0.2) is 32.5 Å². The van der Waals surface area contributed by atoms with E-state index in [1.54, 1.807) is 11.6 Å². The number of rotatable bonds is 5. The average molecular weight is 341 g/mol. The molecule has 22 heavy (non-hydrogen) atoms. The summed E-state index contributed by atoms with van der Waals surface area (Å²) in [6.07, 6.45) is 1.61. The van der Waals surface area contributed by atoms with Gasteiger partial charge in [-0.3, -0.25) is 0 Å². The number of carbonyl (C=O) groups is 1. The van der Waals surface area contributed by atoms with Gasteiger partial charge in [0.25, 0.3) is 0 Å². The summed E-state index contributed by atoms with van der Waals surface area (Å²) in [4.78, 5) is 11.5. The van der Waals surface area contributed by atoms with Crippen LogP contribution in [0.5, 0.6) is 0 Å². The van der Waals surface area contributed by atoms with E-state index in [9.17, 15) is 26.4 Å². The van der Waals surface area contributed by atoms with Gasteiger partial charge in [0, 0.05) is 12.1 Å². The smallest absolute Gasteiger partial charge is 0.459 e. The minimum atomic E-state index is -5.29. The number of esters is 1. The van der Waals surface area contributed by atoms with Gasteiger partial charge >= 0.3 is 21.5 Å². The van der Waals surface area contributed by atoms with Crippen LogP contribution in [0.2, 0.25) is 0 Å². The van der Waals surface area contributed by atoms with Crippen LogP contribution in [0.15, 0.2) is 12.2 Å². The predicted octanol–water partition coefficient (Wildman–Crippen LogP) is 1.96. The third kappa shape index (κ3) is 3.45. The number of ether oxygens (including phenoxy) is 1. The number of sulfonamides is 1. The highest BCUT2D eigenvalue weighted by Gasteiger charge is 2.50. The van der Waals surface area contributed by atoms with Crippen molar-refractivity contribution in [1.29, 1.82) is 0 Å². The number of alkyl halides is 3. The van der Waals surface area contributed by atoms with Gasteiger partial charge in [0.2, 0.25) is 0 Å². The molecule has 0 saturated heterocycles. The Balaban J connectivity index is 1.86. The van der Waals surface area contributed by atoms with E-state index in [4.69, 9.17) is 4.74 Å². The first-order valence-electron chi connectivity index (χ1n) is 6.93. The van der Waals surface area contributed by atoms with Gasteiger partial charge in [-0.15, -0.1) is 0 Å². The normalized spacial score (nSPS) is 31.3. The van der Waals surface area contributed by atoms with Crippen molar-refractivity contribution in [3.63, 3.8) is 0 Å². The second-order valence-electron chi connectivity index (χ2n) is 6.01. The zero-order chi connectivity index (χ0) is 16.7. The Morgan fingerprint density at radius 2 is 1.91 bits per heavy atom. The van der Waals surface area contributed by atoms with Crippen molar-refractivity contribution in [3.05, 3.63) is 12.2 Å². The van der Waals surface area contributed by atoms with Crippen molar-refractivity contribution in [1.82, 2.24) is 4.72 Å². The Hall–Kier alpha value is -1.09. The van der Waals surface area contributed by atoms with Gasteiger partial charge in [0.1, 0.15) is 6.10 Å². The van der Waals surface area contributed by atoms with Crippen LogP contribution in [0.25, 0.3) is 0 Å². The molecule has 1 N–H and O–H groups in total. The minimum Gasteiger partial charge on any atom is -0.459 e. The number of carbonyl (C=O) groups excluding carboxylic acids is 1. The van der Waals surface area contributed by atoms with E-state index in [0.717, 1.165) is 6.42 Å². The first-order valence-corrected chi connectivity index (χ1v) is 8.42. The number of hydrogen-bond acceptors (Lipinski definition) is 4. The molecule has 2 aliphatic rings. The van der Waals surface area contributed by atoms with Gasteiger partial charge in [-0.2, -0.15) is 13.2 Å². The van der Waals surface area contributed by atoms with E-state index >= 15 is 0 Å². The highest BCUT2D eigenvalue weighted by molar-refractivity contribution is 7.90. The predicted molar refractivity (Wildman–Crippen MR) is 72.0 cm³/mol. The molecular weight excluding hydrogens is 323 g/mol. The summed E-state index contributed by atoms with van der Waals surface area (Å²) in [5, 5.41) is 0. The fourth-order valence-corrected chi connectivity index (χ4v) is 3.87. The fourth-order valence-electron chi connectivity index (χ4n) is 3.27. The van der Waals surface area contributed by atoms with Crippen LogP contribution in [-0.2, 0) is 19.6 Å². The third-order valence-corrected chi connectivity index (χ3v) is 5.54. The molecule has 5 nitrogen and oxygen atoms in total. The van der Waals surface area contributed by atoms with Crippen molar-refractivity contribution >= 4 is 16.0 Å². The van der Waals surface area contributed by atoms with E-state index in [1.165, 1.54) is 0 Å². The largest absolute Gasteiger partial charge is 0.511 e. The standard InChI is InChI=1S/C13H18F3NO4S/c1-7(2)12(18)21-11-5-8-3-9(11)4-10(8)6-17-22(19,20)13(14,15)16/h8-11,17H,1,3-6H2,2H3/t8?,9-,10?,11?/m0/s1. The summed E-state index contributed by atoms with van der Waals surface area (Å²) in [5.41, 5.74) is -4.98. The van der Waals surface area contributed by atoms with Gasteiger partial charge < -0.3 is 4.74 Å². The Morgan fingerprint density at radius 1 is 1.27 bits per heavy atom. The van der Waals surface area contributed by atoms with Crippen LogP contribution in [0.3, 0.4) is 0 Å². The van der Waals surface area contributed by atoms with Gasteiger partial charge in [-0.1, -0.05) is 6.58 Å². The summed E-state index contributed by atoms with van der Waals surface area (Å²) in [7, 11) is -5.29. The van der Waals surface area contributed by atoms with Gasteiger partial charge in [0.05, 0.1) is 0 Å². The number of hydrogen-bond donors (Lipinski definition) is 1. The molecule has 0 amide bonds. The van der Waals surface area contributed by atoms with Crippen molar-refractivity contribution in [2.75, 3.05) is 6.54 Å². The van der Waals surface area contributed by atoms with Crippen LogP contribution in [0.1, 0.15) is 26.2 Å². The molecular formula is C13H18F3NO4S. The number of halogens is 3. The van der Waals surface area contributed by atoms with Gasteiger partial charge in [0.15, 0.2) is 0 Å². The molecule has 0 aliphatic heterocycles. The van der Waals surface area contributed by atoms with E-state index in [0.29, 0.717) is 18.4 Å². The second kappa shape index (κ2) is 5.84. The Kier molecular flexibility index (Phi) is 4.59. The number of fused-ring (bicyclic) bond motifs is 2. The fraction of sp³-hybridized carbons (Fsp3) is 0.769. The molecule has 126 valence electrons. The molecule has 3 unspecified atom stereocenters. The van der Waals surface area contributed by atoms with Crippen LogP contribution >= 0.6 is 0 Å². The lowest BCUT2D eigenvalue weighted by atomic mass is 9.87. The zero-order valence-electron chi connectivity index (χ0n) is 12.0. The lowest BCUT2D eigenvalue weighted by Gasteiger charge is -2.28. The SMILES string of the molecule is C=C(C)C(=O)OC1CC2C[C@H]1CC2CNS(=O)(=O)C(F)(F)F. The first kappa shape index (κ1) is 17.3. The highest BCUT2D eigenvalue weighted by atomic mass is 32.2. The molecule has 2 bridgehead atoms. The molecule has 9 heteroatoms. The first-order chi connectivity index (χ1) is 10.0. The molecule has 2 saturated carbocycles. The third-order valence-electron chi connectivity index (χ3n) is 4.39. The molecule has 2 rings (SSSR count). The van der Waals surface area contributed by atoms with E-state index < -0.39 is 21.5 Å². The molecule has 0 aromatic carbocycles. The highest BCUT2D eigenvalue weighted by Crippen LogP contribution is 2.49. The van der Waals surface area contributed by atoms with Gasteiger partial charge in [-0.05, 0) is 43.9 Å². The van der Waals surface area contributed by atoms with Gasteiger partial charge in [-0.25, -0.2) is 17.9 Å². The summed E-state index contributed by atoms with van der Waals surface area (Å²) in [5.74, 6) is -0.466. The number of nitrogens with one attached hydrogen (secondary N) is 1. The quantitative estimate of drug-likeness (QED) is 0.613. The van der Waals surface area contributed by atoms with E-state index in [2.05, 4.69) is 6.58 Å². The molecule has 0 radical (unpaired) electrons. The van der Waals surface area contributed by atoms with Crippen molar-refractivity contribution in [3.8, 4) is 0 Å². The molecule has 0 heterocycles. The maximum atomic E-state index is 12.3. The molecule has 0 aromatic heterocycles. The van der Waals surface area contributed by atoms with Crippen LogP contribution in [0.4, 0.5) is 13.2 Å². The molecule has 4 atom stereocenters.